The smallest absolute Gasteiger partial charge is 0.309 e. The number of carbonyl (C=O) groups is 2. The van der Waals surface area contributed by atoms with Gasteiger partial charge in [-0.05, 0) is 80.2 Å². The van der Waals surface area contributed by atoms with Crippen molar-refractivity contribution < 1.29 is 19.4 Å². The first-order chi connectivity index (χ1) is 16.8. The Morgan fingerprint density at radius 1 is 1.14 bits per heavy atom. The van der Waals surface area contributed by atoms with Gasteiger partial charge in [-0.2, -0.15) is 0 Å². The molecular weight excluding hydrogens is 444 g/mol. The van der Waals surface area contributed by atoms with E-state index in [0.717, 1.165) is 34.9 Å². The summed E-state index contributed by atoms with van der Waals surface area (Å²) in [6.07, 6.45) is 4.00. The zero-order valence-corrected chi connectivity index (χ0v) is 20.0. The van der Waals surface area contributed by atoms with Crippen LogP contribution in [0, 0.1) is 18.3 Å². The summed E-state index contributed by atoms with van der Waals surface area (Å²) in [7, 11) is 0. The highest BCUT2D eigenvalue weighted by Gasteiger charge is 2.56. The third-order valence-electron chi connectivity index (χ3n) is 7.70. The second-order valence-corrected chi connectivity index (χ2v) is 9.90. The second-order valence-electron chi connectivity index (χ2n) is 9.90. The first kappa shape index (κ1) is 23.1. The van der Waals surface area contributed by atoms with E-state index in [9.17, 15) is 19.5 Å². The van der Waals surface area contributed by atoms with E-state index in [0.29, 0.717) is 37.1 Å². The molecule has 1 amide bonds. The number of pyridine rings is 1. The van der Waals surface area contributed by atoms with Crippen molar-refractivity contribution in [1.29, 1.82) is 0 Å². The molecule has 7 heteroatoms. The SMILES string of the molecule is Cc1ccccc1-c1c[nH]c(=O)c2cc(O[C@H](C)C(=O)N3CCCC(C4(C(=O)O)CC4)C3)ccc12. The molecule has 1 aliphatic carbocycles. The highest BCUT2D eigenvalue weighted by atomic mass is 16.5. The molecule has 2 aromatic carbocycles. The number of likely N-dealkylation sites (tertiary alicyclic amines) is 1. The van der Waals surface area contributed by atoms with E-state index in [4.69, 9.17) is 4.74 Å². The lowest BCUT2D eigenvalue weighted by atomic mass is 9.82. The Bertz CT molecular complexity index is 1360. The number of fused-ring (bicyclic) bond motifs is 1. The first-order valence-electron chi connectivity index (χ1n) is 12.2. The number of rotatable bonds is 6. The van der Waals surface area contributed by atoms with Crippen LogP contribution in [0.1, 0.15) is 38.2 Å². The molecule has 182 valence electrons. The number of carboxylic acid groups (broad SMARTS) is 1. The number of amides is 1. The van der Waals surface area contributed by atoms with Gasteiger partial charge >= 0.3 is 5.97 Å². The van der Waals surface area contributed by atoms with Gasteiger partial charge in [-0.25, -0.2) is 0 Å². The molecule has 35 heavy (non-hydrogen) atoms. The highest BCUT2D eigenvalue weighted by molar-refractivity contribution is 5.97. The van der Waals surface area contributed by atoms with Crippen LogP contribution in [-0.2, 0) is 9.59 Å². The van der Waals surface area contributed by atoms with Crippen molar-refractivity contribution in [1.82, 2.24) is 9.88 Å². The van der Waals surface area contributed by atoms with E-state index in [1.807, 2.05) is 37.3 Å². The van der Waals surface area contributed by atoms with E-state index < -0.39 is 17.5 Å². The van der Waals surface area contributed by atoms with Crippen LogP contribution in [0.4, 0.5) is 0 Å². The summed E-state index contributed by atoms with van der Waals surface area (Å²) >= 11 is 0. The molecule has 1 saturated carbocycles. The number of aromatic amines is 1. The number of ether oxygens (including phenoxy) is 1. The van der Waals surface area contributed by atoms with Crippen LogP contribution >= 0.6 is 0 Å². The predicted octanol–water partition coefficient (Wildman–Crippen LogP) is 4.37. The molecule has 5 rings (SSSR count). The Hall–Kier alpha value is -3.61. The lowest BCUT2D eigenvalue weighted by Gasteiger charge is -2.37. The van der Waals surface area contributed by atoms with E-state index >= 15 is 0 Å². The van der Waals surface area contributed by atoms with Crippen LogP contribution < -0.4 is 10.3 Å². The molecule has 1 aromatic heterocycles. The molecule has 2 heterocycles. The van der Waals surface area contributed by atoms with Crippen molar-refractivity contribution in [2.24, 2.45) is 11.3 Å². The minimum Gasteiger partial charge on any atom is -0.481 e. The molecule has 2 atom stereocenters. The first-order valence-corrected chi connectivity index (χ1v) is 12.2. The number of aliphatic carboxylic acids is 1. The zero-order valence-electron chi connectivity index (χ0n) is 20.0. The van der Waals surface area contributed by atoms with E-state index in [-0.39, 0.29) is 17.4 Å². The van der Waals surface area contributed by atoms with Gasteiger partial charge in [-0.15, -0.1) is 0 Å². The van der Waals surface area contributed by atoms with Crippen LogP contribution in [0.5, 0.6) is 5.75 Å². The van der Waals surface area contributed by atoms with Crippen molar-refractivity contribution in [2.45, 2.75) is 45.6 Å². The van der Waals surface area contributed by atoms with Gasteiger partial charge < -0.3 is 19.7 Å². The van der Waals surface area contributed by atoms with E-state index in [2.05, 4.69) is 4.98 Å². The van der Waals surface area contributed by atoms with Crippen molar-refractivity contribution >= 4 is 22.6 Å². The van der Waals surface area contributed by atoms with Gasteiger partial charge in [0.1, 0.15) is 5.75 Å². The maximum Gasteiger partial charge on any atom is 0.309 e. The average Bonchev–Trinajstić information content (AvgIpc) is 3.67. The molecule has 1 aliphatic heterocycles. The molecule has 2 N–H and O–H groups in total. The minimum atomic E-state index is -0.746. The Morgan fingerprint density at radius 2 is 1.91 bits per heavy atom. The number of carbonyl (C=O) groups excluding carboxylic acids is 1. The largest absolute Gasteiger partial charge is 0.481 e. The Labute approximate surface area is 203 Å². The second kappa shape index (κ2) is 8.87. The third-order valence-corrected chi connectivity index (χ3v) is 7.70. The fourth-order valence-electron chi connectivity index (χ4n) is 5.48. The predicted molar refractivity (Wildman–Crippen MR) is 133 cm³/mol. The van der Waals surface area contributed by atoms with Crippen LogP contribution in [0.15, 0.2) is 53.5 Å². The van der Waals surface area contributed by atoms with E-state index in [1.165, 1.54) is 0 Å². The summed E-state index contributed by atoms with van der Waals surface area (Å²) in [5.74, 6) is -0.460. The van der Waals surface area contributed by atoms with Crippen LogP contribution in [-0.4, -0.2) is 46.1 Å². The number of piperidine rings is 1. The number of hydrogen-bond donors (Lipinski definition) is 2. The number of H-pyrrole nitrogens is 1. The van der Waals surface area contributed by atoms with Crippen molar-refractivity contribution in [2.75, 3.05) is 13.1 Å². The van der Waals surface area contributed by atoms with Gasteiger partial charge in [-0.1, -0.05) is 24.3 Å². The fourth-order valence-corrected chi connectivity index (χ4v) is 5.48. The van der Waals surface area contributed by atoms with Gasteiger partial charge in [0.05, 0.1) is 10.8 Å². The van der Waals surface area contributed by atoms with Gasteiger partial charge in [0, 0.05) is 24.8 Å². The molecule has 0 bridgehead atoms. The van der Waals surface area contributed by atoms with Crippen molar-refractivity contribution in [3.63, 3.8) is 0 Å². The number of benzene rings is 2. The molecule has 7 nitrogen and oxygen atoms in total. The Morgan fingerprint density at radius 3 is 2.63 bits per heavy atom. The average molecular weight is 475 g/mol. The Kier molecular flexibility index (Phi) is 5.87. The summed E-state index contributed by atoms with van der Waals surface area (Å²) in [5.41, 5.74) is 2.21. The van der Waals surface area contributed by atoms with Gasteiger partial charge in [0.25, 0.3) is 11.5 Å². The summed E-state index contributed by atoms with van der Waals surface area (Å²) in [5, 5.41) is 11.0. The number of carboxylic acids is 1. The zero-order chi connectivity index (χ0) is 24.7. The van der Waals surface area contributed by atoms with Crippen molar-refractivity contribution in [3.8, 4) is 16.9 Å². The maximum absolute atomic E-state index is 13.2. The molecule has 0 spiro atoms. The molecule has 2 aliphatic rings. The number of aryl methyl sites for hydroxylation is 1. The summed E-state index contributed by atoms with van der Waals surface area (Å²) in [6.45, 7) is 4.80. The molecule has 1 unspecified atom stereocenters. The van der Waals surface area contributed by atoms with Gasteiger partial charge in [0.15, 0.2) is 6.10 Å². The normalized spacial score (nSPS) is 19.8. The number of nitrogens with zero attached hydrogens (tertiary/aromatic N) is 1. The summed E-state index contributed by atoms with van der Waals surface area (Å²) in [6, 6.07) is 13.3. The minimum absolute atomic E-state index is 0.0102. The number of nitrogens with one attached hydrogen (secondary N) is 1. The standard InChI is InChI=1S/C28H30N2O5/c1-17-6-3-4-8-21(17)24-15-29-25(31)23-14-20(9-10-22(23)24)35-18(2)26(32)30-13-5-7-19(16-30)28(11-12-28)27(33)34/h3-4,6,8-10,14-15,18-19H,5,7,11-13,16H2,1-2H3,(H,29,31)(H,33,34)/t18-,19?/m1/s1. The highest BCUT2D eigenvalue weighted by Crippen LogP contribution is 2.54. The Balaban J connectivity index is 1.35. The number of hydrogen-bond acceptors (Lipinski definition) is 4. The third kappa shape index (κ3) is 4.20. The molecule has 2 fully saturated rings. The summed E-state index contributed by atoms with van der Waals surface area (Å²) in [4.78, 5) is 42.1. The van der Waals surface area contributed by atoms with Crippen LogP contribution in [0.2, 0.25) is 0 Å². The molecule has 0 radical (unpaired) electrons. The molecule has 3 aromatic rings. The lowest BCUT2D eigenvalue weighted by molar-refractivity contribution is -0.149. The van der Waals surface area contributed by atoms with Crippen molar-refractivity contribution in [3.05, 3.63) is 64.6 Å². The fraction of sp³-hybridized carbons (Fsp3) is 0.393. The topological polar surface area (TPSA) is 99.7 Å². The molecule has 1 saturated heterocycles. The lowest BCUT2D eigenvalue weighted by Crippen LogP contribution is -2.48. The monoisotopic (exact) mass is 474 g/mol. The maximum atomic E-state index is 13.2. The van der Waals surface area contributed by atoms with Crippen LogP contribution in [0.25, 0.3) is 21.9 Å². The van der Waals surface area contributed by atoms with Gasteiger partial charge in [0.2, 0.25) is 0 Å². The quantitative estimate of drug-likeness (QED) is 0.553. The summed E-state index contributed by atoms with van der Waals surface area (Å²) < 4.78 is 5.99. The van der Waals surface area contributed by atoms with E-state index in [1.54, 1.807) is 30.2 Å². The van der Waals surface area contributed by atoms with Gasteiger partial charge in [-0.3, -0.25) is 14.4 Å². The van der Waals surface area contributed by atoms with Crippen LogP contribution in [0.3, 0.4) is 0 Å². The molecular formula is C28H30N2O5. The number of aromatic nitrogens is 1.